The molecule has 1 aromatic carbocycles. The summed E-state index contributed by atoms with van der Waals surface area (Å²) < 4.78 is 5.65. The van der Waals surface area contributed by atoms with Gasteiger partial charge in [-0.25, -0.2) is 0 Å². The molecule has 0 spiro atoms. The summed E-state index contributed by atoms with van der Waals surface area (Å²) in [6, 6.07) is 8.28. The highest BCUT2D eigenvalue weighted by molar-refractivity contribution is 5.25. The van der Waals surface area contributed by atoms with Gasteiger partial charge in [-0.05, 0) is 12.5 Å². The summed E-state index contributed by atoms with van der Waals surface area (Å²) >= 11 is 0. The molecule has 3 N–H and O–H groups in total. The molecule has 0 amide bonds. The summed E-state index contributed by atoms with van der Waals surface area (Å²) in [6.45, 7) is 4.60. The molecule has 0 aliphatic carbocycles. The highest BCUT2D eigenvalue weighted by Gasteiger charge is 2.22. The number of rotatable bonds is 2. The highest BCUT2D eigenvalue weighted by Crippen LogP contribution is 2.18. The van der Waals surface area contributed by atoms with Gasteiger partial charge in [0.25, 0.3) is 0 Å². The van der Waals surface area contributed by atoms with Gasteiger partial charge in [0.05, 0.1) is 18.8 Å². The van der Waals surface area contributed by atoms with Crippen LogP contribution in [-0.2, 0) is 4.74 Å². The first-order valence-electron chi connectivity index (χ1n) is 5.42. The Morgan fingerprint density at radius 1 is 1.53 bits per heavy atom. The second kappa shape index (κ2) is 4.75. The molecule has 1 aliphatic heterocycles. The van der Waals surface area contributed by atoms with E-state index < -0.39 is 0 Å². The summed E-state index contributed by atoms with van der Waals surface area (Å²) in [5.74, 6) is 0. The average Bonchev–Trinajstić information content (AvgIpc) is 2.29. The van der Waals surface area contributed by atoms with Crippen LogP contribution in [0.2, 0.25) is 0 Å². The first-order valence-corrected chi connectivity index (χ1v) is 5.42. The zero-order chi connectivity index (χ0) is 10.7. The second-order valence-electron chi connectivity index (χ2n) is 4.05. The number of nitrogens with two attached hydrogens (primary N) is 1. The van der Waals surface area contributed by atoms with Crippen LogP contribution in [0.15, 0.2) is 24.3 Å². The molecule has 0 saturated carbocycles. The number of morpholine rings is 1. The number of hydrogen-bond donors (Lipinski definition) is 2. The monoisotopic (exact) mass is 206 g/mol. The van der Waals surface area contributed by atoms with Crippen LogP contribution >= 0.6 is 0 Å². The minimum Gasteiger partial charge on any atom is -0.374 e. The van der Waals surface area contributed by atoms with Crippen molar-refractivity contribution >= 4 is 0 Å². The molecule has 2 rings (SSSR count). The standard InChI is InChI=1S/C12H18N2O/c1-9-3-2-4-10(7-9)12(13)11-8-14-5-6-15-11/h2-4,7,11-12,14H,5-6,8,13H2,1H3. The first kappa shape index (κ1) is 10.6. The number of ether oxygens (including phenoxy) is 1. The fourth-order valence-corrected chi connectivity index (χ4v) is 1.91. The third-order valence-corrected chi connectivity index (χ3v) is 2.78. The van der Waals surface area contributed by atoms with Crippen LogP contribution in [0.5, 0.6) is 0 Å². The van der Waals surface area contributed by atoms with Crippen molar-refractivity contribution in [2.24, 2.45) is 5.73 Å². The lowest BCUT2D eigenvalue weighted by molar-refractivity contribution is 0.0122. The van der Waals surface area contributed by atoms with E-state index >= 15 is 0 Å². The molecule has 82 valence electrons. The fraction of sp³-hybridized carbons (Fsp3) is 0.500. The Balaban J connectivity index is 2.08. The largest absolute Gasteiger partial charge is 0.374 e. The van der Waals surface area contributed by atoms with Gasteiger partial charge in [0.15, 0.2) is 0 Å². The normalized spacial score (nSPS) is 23.7. The van der Waals surface area contributed by atoms with Crippen molar-refractivity contribution in [3.05, 3.63) is 35.4 Å². The van der Waals surface area contributed by atoms with Crippen molar-refractivity contribution in [2.45, 2.75) is 19.1 Å². The maximum absolute atomic E-state index is 6.17. The summed E-state index contributed by atoms with van der Waals surface area (Å²) in [7, 11) is 0. The fourth-order valence-electron chi connectivity index (χ4n) is 1.91. The topological polar surface area (TPSA) is 47.3 Å². The summed E-state index contributed by atoms with van der Waals surface area (Å²) in [5.41, 5.74) is 8.57. The maximum atomic E-state index is 6.17. The quantitative estimate of drug-likeness (QED) is 0.758. The Morgan fingerprint density at radius 3 is 3.07 bits per heavy atom. The number of nitrogens with one attached hydrogen (secondary N) is 1. The molecule has 15 heavy (non-hydrogen) atoms. The van der Waals surface area contributed by atoms with E-state index in [0.717, 1.165) is 25.3 Å². The lowest BCUT2D eigenvalue weighted by atomic mass is 10.00. The van der Waals surface area contributed by atoms with Crippen molar-refractivity contribution in [1.29, 1.82) is 0 Å². The molecular weight excluding hydrogens is 188 g/mol. The first-order chi connectivity index (χ1) is 7.27. The third kappa shape index (κ3) is 2.56. The predicted molar refractivity (Wildman–Crippen MR) is 60.7 cm³/mol. The molecule has 1 fully saturated rings. The molecule has 3 heteroatoms. The van der Waals surface area contributed by atoms with Gasteiger partial charge < -0.3 is 15.8 Å². The molecule has 0 bridgehead atoms. The molecule has 0 radical (unpaired) electrons. The zero-order valence-corrected chi connectivity index (χ0v) is 9.07. The highest BCUT2D eigenvalue weighted by atomic mass is 16.5. The van der Waals surface area contributed by atoms with Gasteiger partial charge in [0.2, 0.25) is 0 Å². The molecule has 2 atom stereocenters. The summed E-state index contributed by atoms with van der Waals surface area (Å²) in [4.78, 5) is 0. The molecule has 1 aromatic rings. The lowest BCUT2D eigenvalue weighted by Crippen LogP contribution is -2.44. The SMILES string of the molecule is Cc1cccc(C(N)C2CNCCO2)c1. The average molecular weight is 206 g/mol. The van der Waals surface area contributed by atoms with Crippen LogP contribution in [0.4, 0.5) is 0 Å². The number of benzene rings is 1. The van der Waals surface area contributed by atoms with E-state index in [2.05, 4.69) is 30.4 Å². The van der Waals surface area contributed by atoms with Crippen molar-refractivity contribution in [2.75, 3.05) is 19.7 Å². The minimum absolute atomic E-state index is 0.0299. The van der Waals surface area contributed by atoms with Crippen LogP contribution in [-0.4, -0.2) is 25.8 Å². The molecule has 3 nitrogen and oxygen atoms in total. The predicted octanol–water partition coefficient (Wildman–Crippen LogP) is 0.983. The van der Waals surface area contributed by atoms with Gasteiger partial charge in [-0.3, -0.25) is 0 Å². The zero-order valence-electron chi connectivity index (χ0n) is 9.07. The van der Waals surface area contributed by atoms with Gasteiger partial charge in [-0.2, -0.15) is 0 Å². The van der Waals surface area contributed by atoms with E-state index in [1.165, 1.54) is 5.56 Å². The maximum Gasteiger partial charge on any atom is 0.0892 e. The summed E-state index contributed by atoms with van der Waals surface area (Å²) in [5, 5.41) is 3.30. The Morgan fingerprint density at radius 2 is 2.40 bits per heavy atom. The third-order valence-electron chi connectivity index (χ3n) is 2.78. The van der Waals surface area contributed by atoms with E-state index in [-0.39, 0.29) is 12.1 Å². The van der Waals surface area contributed by atoms with Gasteiger partial charge in [0.1, 0.15) is 0 Å². The van der Waals surface area contributed by atoms with Crippen LogP contribution in [0.25, 0.3) is 0 Å². The van der Waals surface area contributed by atoms with Crippen molar-refractivity contribution < 1.29 is 4.74 Å². The number of hydrogen-bond acceptors (Lipinski definition) is 3. The van der Waals surface area contributed by atoms with Crippen LogP contribution < -0.4 is 11.1 Å². The lowest BCUT2D eigenvalue weighted by Gasteiger charge is -2.29. The molecular formula is C12H18N2O. The smallest absolute Gasteiger partial charge is 0.0892 e. The van der Waals surface area contributed by atoms with E-state index in [9.17, 15) is 0 Å². The van der Waals surface area contributed by atoms with Gasteiger partial charge in [-0.1, -0.05) is 29.8 Å². The molecule has 1 aliphatic rings. The summed E-state index contributed by atoms with van der Waals surface area (Å²) in [6.07, 6.45) is 0.0977. The number of aryl methyl sites for hydroxylation is 1. The van der Waals surface area contributed by atoms with E-state index in [1.807, 2.05) is 6.07 Å². The molecule has 2 unspecified atom stereocenters. The van der Waals surface area contributed by atoms with Crippen molar-refractivity contribution in [3.63, 3.8) is 0 Å². The Kier molecular flexibility index (Phi) is 3.36. The Labute approximate surface area is 90.6 Å². The second-order valence-corrected chi connectivity index (χ2v) is 4.05. The van der Waals surface area contributed by atoms with E-state index in [0.29, 0.717) is 0 Å². The molecule has 1 heterocycles. The van der Waals surface area contributed by atoms with Gasteiger partial charge in [-0.15, -0.1) is 0 Å². The minimum atomic E-state index is -0.0299. The Hall–Kier alpha value is -0.900. The van der Waals surface area contributed by atoms with E-state index in [4.69, 9.17) is 10.5 Å². The van der Waals surface area contributed by atoms with Gasteiger partial charge >= 0.3 is 0 Å². The Bertz CT molecular complexity index is 321. The molecule has 1 saturated heterocycles. The van der Waals surface area contributed by atoms with E-state index in [1.54, 1.807) is 0 Å². The van der Waals surface area contributed by atoms with Crippen LogP contribution in [0.1, 0.15) is 17.2 Å². The van der Waals surface area contributed by atoms with Crippen molar-refractivity contribution in [1.82, 2.24) is 5.32 Å². The van der Waals surface area contributed by atoms with Crippen LogP contribution in [0, 0.1) is 6.92 Å². The van der Waals surface area contributed by atoms with Crippen molar-refractivity contribution in [3.8, 4) is 0 Å². The molecule has 0 aromatic heterocycles. The van der Waals surface area contributed by atoms with Crippen LogP contribution in [0.3, 0.4) is 0 Å². The van der Waals surface area contributed by atoms with Gasteiger partial charge in [0, 0.05) is 13.1 Å².